The lowest BCUT2D eigenvalue weighted by Crippen LogP contribution is -2.02. The number of nitrogens with zero attached hydrogens (tertiary/aromatic N) is 3. The third-order valence-corrected chi connectivity index (χ3v) is 4.54. The minimum Gasteiger partial charge on any atom is -0.487 e. The van der Waals surface area contributed by atoms with Gasteiger partial charge in [0.1, 0.15) is 18.2 Å². The molecule has 0 atom stereocenters. The molecule has 0 spiro atoms. The molecular formula is C19H12BrN3O. The van der Waals surface area contributed by atoms with E-state index >= 15 is 0 Å². The Morgan fingerprint density at radius 1 is 1.12 bits per heavy atom. The van der Waals surface area contributed by atoms with Crippen molar-refractivity contribution in [2.75, 3.05) is 0 Å². The summed E-state index contributed by atoms with van der Waals surface area (Å²) < 4.78 is 8.90. The van der Waals surface area contributed by atoms with E-state index in [-0.39, 0.29) is 0 Å². The molecule has 0 saturated heterocycles. The highest BCUT2D eigenvalue weighted by atomic mass is 79.9. The topological polar surface area (TPSA) is 50.3 Å². The molecule has 0 radical (unpaired) electrons. The maximum absolute atomic E-state index is 9.67. The van der Waals surface area contributed by atoms with E-state index < -0.39 is 0 Å². The summed E-state index contributed by atoms with van der Waals surface area (Å²) in [5, 5.41) is 10.5. The summed E-state index contributed by atoms with van der Waals surface area (Å²) in [6, 6.07) is 18.0. The lowest BCUT2D eigenvalue weighted by Gasteiger charge is -2.14. The molecular weight excluding hydrogens is 366 g/mol. The first-order valence-electron chi connectivity index (χ1n) is 7.43. The predicted molar refractivity (Wildman–Crippen MR) is 95.9 cm³/mol. The fourth-order valence-corrected chi connectivity index (χ4v) is 3.39. The van der Waals surface area contributed by atoms with Gasteiger partial charge in [-0.05, 0) is 33.6 Å². The van der Waals surface area contributed by atoms with Crippen LogP contribution in [0.25, 0.3) is 16.6 Å². The summed E-state index contributed by atoms with van der Waals surface area (Å²) in [4.78, 5) is 4.34. The molecule has 5 heteroatoms. The largest absolute Gasteiger partial charge is 0.487 e. The number of halogens is 1. The number of benzene rings is 2. The van der Waals surface area contributed by atoms with Gasteiger partial charge in [-0.15, -0.1) is 0 Å². The summed E-state index contributed by atoms with van der Waals surface area (Å²) >= 11 is 3.59. The van der Waals surface area contributed by atoms with E-state index in [0.29, 0.717) is 23.6 Å². The van der Waals surface area contributed by atoms with Crippen molar-refractivity contribution in [2.24, 2.45) is 0 Å². The molecule has 116 valence electrons. The molecule has 0 unspecified atom stereocenters. The first-order chi connectivity index (χ1) is 11.8. The number of nitriles is 1. The van der Waals surface area contributed by atoms with Gasteiger partial charge in [0.15, 0.2) is 11.4 Å². The van der Waals surface area contributed by atoms with Crippen LogP contribution in [0, 0.1) is 11.3 Å². The number of fused-ring (bicyclic) bond motifs is 3. The number of para-hydroxylation sites is 1. The van der Waals surface area contributed by atoms with Gasteiger partial charge >= 0.3 is 0 Å². The quantitative estimate of drug-likeness (QED) is 0.519. The van der Waals surface area contributed by atoms with Crippen LogP contribution < -0.4 is 4.74 Å². The Morgan fingerprint density at radius 2 is 1.96 bits per heavy atom. The second-order valence-electron chi connectivity index (χ2n) is 5.35. The van der Waals surface area contributed by atoms with Crippen molar-refractivity contribution in [1.29, 1.82) is 5.26 Å². The van der Waals surface area contributed by atoms with Crippen LogP contribution in [0.1, 0.15) is 11.1 Å². The monoisotopic (exact) mass is 377 g/mol. The van der Waals surface area contributed by atoms with Gasteiger partial charge in [-0.2, -0.15) is 5.26 Å². The van der Waals surface area contributed by atoms with Gasteiger partial charge in [-0.3, -0.25) is 4.40 Å². The average Bonchev–Trinajstić information content (AvgIpc) is 3.09. The highest BCUT2D eigenvalue weighted by Crippen LogP contribution is 2.36. The number of imidazole rings is 1. The molecule has 0 amide bonds. The Kier molecular flexibility index (Phi) is 3.68. The van der Waals surface area contributed by atoms with Crippen LogP contribution in [-0.4, -0.2) is 9.38 Å². The summed E-state index contributed by atoms with van der Waals surface area (Å²) in [7, 11) is 0. The second kappa shape index (κ2) is 5.99. The molecule has 0 N–H and O–H groups in total. The van der Waals surface area contributed by atoms with Gasteiger partial charge in [0.25, 0.3) is 0 Å². The number of rotatable bonds is 3. The van der Waals surface area contributed by atoms with Gasteiger partial charge in [-0.25, -0.2) is 4.98 Å². The van der Waals surface area contributed by atoms with Crippen molar-refractivity contribution < 1.29 is 4.74 Å². The molecule has 2 aromatic carbocycles. The van der Waals surface area contributed by atoms with Gasteiger partial charge in [-0.1, -0.05) is 36.4 Å². The maximum Gasteiger partial charge on any atom is 0.159 e. The SMILES string of the molecule is N#Cc1c(OCc2ccccc2)c2cccc(Br)c2n2ccnc12. The smallest absolute Gasteiger partial charge is 0.159 e. The number of aromatic nitrogens is 2. The predicted octanol–water partition coefficient (Wildman–Crippen LogP) is 4.70. The zero-order valence-electron chi connectivity index (χ0n) is 12.6. The summed E-state index contributed by atoms with van der Waals surface area (Å²) in [6.45, 7) is 0.397. The molecule has 0 aliphatic heterocycles. The van der Waals surface area contributed by atoms with Crippen molar-refractivity contribution in [1.82, 2.24) is 9.38 Å². The Labute approximate surface area is 147 Å². The van der Waals surface area contributed by atoms with Crippen molar-refractivity contribution >= 4 is 32.5 Å². The van der Waals surface area contributed by atoms with Crippen LogP contribution in [0.3, 0.4) is 0 Å². The molecule has 4 aromatic rings. The molecule has 0 bridgehead atoms. The Balaban J connectivity index is 1.95. The van der Waals surface area contributed by atoms with Crippen LogP contribution in [0.2, 0.25) is 0 Å². The van der Waals surface area contributed by atoms with Crippen LogP contribution in [-0.2, 0) is 6.61 Å². The molecule has 0 aliphatic carbocycles. The van der Waals surface area contributed by atoms with Crippen molar-refractivity contribution in [3.8, 4) is 11.8 Å². The van der Waals surface area contributed by atoms with Crippen molar-refractivity contribution in [3.05, 3.63) is 76.5 Å². The molecule has 2 aromatic heterocycles. The third-order valence-electron chi connectivity index (χ3n) is 3.90. The molecule has 0 fully saturated rings. The van der Waals surface area contributed by atoms with Gasteiger partial charge in [0, 0.05) is 22.3 Å². The van der Waals surface area contributed by atoms with Crippen LogP contribution >= 0.6 is 15.9 Å². The number of ether oxygens (including phenoxy) is 1. The number of pyridine rings is 1. The maximum atomic E-state index is 9.67. The fraction of sp³-hybridized carbons (Fsp3) is 0.0526. The Bertz CT molecular complexity index is 1080. The van der Waals surface area contributed by atoms with E-state index in [4.69, 9.17) is 4.74 Å². The van der Waals surface area contributed by atoms with Gasteiger partial charge in [0.05, 0.1) is 5.52 Å². The van der Waals surface area contributed by atoms with Crippen LogP contribution in [0.15, 0.2) is 65.4 Å². The average molecular weight is 378 g/mol. The summed E-state index contributed by atoms with van der Waals surface area (Å²) in [6.07, 6.45) is 3.54. The minimum atomic E-state index is 0.397. The molecule has 0 saturated carbocycles. The lowest BCUT2D eigenvalue weighted by atomic mass is 10.1. The first-order valence-corrected chi connectivity index (χ1v) is 8.23. The highest BCUT2D eigenvalue weighted by Gasteiger charge is 2.18. The molecule has 2 heterocycles. The lowest BCUT2D eigenvalue weighted by molar-refractivity contribution is 0.309. The Hall–Kier alpha value is -2.84. The van der Waals surface area contributed by atoms with E-state index in [2.05, 4.69) is 27.0 Å². The van der Waals surface area contributed by atoms with Crippen molar-refractivity contribution in [3.63, 3.8) is 0 Å². The number of hydrogen-bond donors (Lipinski definition) is 0. The standard InChI is InChI=1S/C19H12BrN3O/c20-16-8-4-7-14-17(16)23-10-9-22-19(23)15(11-21)18(14)24-12-13-5-2-1-3-6-13/h1-10H,12H2. The second-order valence-corrected chi connectivity index (χ2v) is 6.20. The van der Waals surface area contributed by atoms with E-state index in [1.165, 1.54) is 0 Å². The minimum absolute atomic E-state index is 0.397. The zero-order valence-corrected chi connectivity index (χ0v) is 14.2. The molecule has 4 nitrogen and oxygen atoms in total. The van der Waals surface area contributed by atoms with Crippen LogP contribution in [0.4, 0.5) is 0 Å². The van der Waals surface area contributed by atoms with E-state index in [9.17, 15) is 5.26 Å². The molecule has 24 heavy (non-hydrogen) atoms. The fourth-order valence-electron chi connectivity index (χ4n) is 2.83. The first kappa shape index (κ1) is 14.7. The molecule has 4 rings (SSSR count). The third kappa shape index (κ3) is 2.32. The van der Waals surface area contributed by atoms with Gasteiger partial charge < -0.3 is 4.74 Å². The number of hydrogen-bond acceptors (Lipinski definition) is 3. The van der Waals surface area contributed by atoms with E-state index in [1.807, 2.05) is 59.1 Å². The molecule has 0 aliphatic rings. The van der Waals surface area contributed by atoms with Crippen molar-refractivity contribution in [2.45, 2.75) is 6.61 Å². The highest BCUT2D eigenvalue weighted by molar-refractivity contribution is 9.10. The Morgan fingerprint density at radius 3 is 2.75 bits per heavy atom. The normalized spacial score (nSPS) is 10.8. The van der Waals surface area contributed by atoms with Gasteiger partial charge in [0.2, 0.25) is 0 Å². The zero-order chi connectivity index (χ0) is 16.5. The summed E-state index contributed by atoms with van der Waals surface area (Å²) in [5.74, 6) is 0.566. The van der Waals surface area contributed by atoms with E-state index in [1.54, 1.807) is 6.20 Å². The van der Waals surface area contributed by atoms with Crippen LogP contribution in [0.5, 0.6) is 5.75 Å². The summed E-state index contributed by atoms with van der Waals surface area (Å²) in [5.41, 5.74) is 3.03. The van der Waals surface area contributed by atoms with E-state index in [0.717, 1.165) is 20.9 Å².